The van der Waals surface area contributed by atoms with Crippen LogP contribution in [0.25, 0.3) is 28.4 Å². The minimum atomic E-state index is 0.282. The number of nitrogens with two attached hydrogens (primary N) is 1. The Bertz CT molecular complexity index is 1070. The Balaban J connectivity index is 1.47. The molecule has 0 atom stereocenters. The summed E-state index contributed by atoms with van der Waals surface area (Å²) in [5.41, 5.74) is 8.14. The molecule has 0 aliphatic carbocycles. The Morgan fingerprint density at radius 2 is 1.96 bits per heavy atom. The fourth-order valence-corrected chi connectivity index (χ4v) is 3.43. The van der Waals surface area contributed by atoms with E-state index in [-0.39, 0.29) is 5.95 Å². The zero-order chi connectivity index (χ0) is 18.4. The van der Waals surface area contributed by atoms with Crippen molar-refractivity contribution in [3.63, 3.8) is 0 Å². The zero-order valence-corrected chi connectivity index (χ0v) is 15.1. The number of nitrogen functional groups attached to an aromatic ring is 1. The van der Waals surface area contributed by atoms with E-state index < -0.39 is 0 Å². The molecule has 10 nitrogen and oxygen atoms in total. The highest BCUT2D eigenvalue weighted by molar-refractivity contribution is 5.87. The van der Waals surface area contributed by atoms with E-state index in [9.17, 15) is 0 Å². The van der Waals surface area contributed by atoms with Gasteiger partial charge in [0.2, 0.25) is 11.8 Å². The number of rotatable bonds is 4. The quantitative estimate of drug-likeness (QED) is 0.558. The molecule has 27 heavy (non-hydrogen) atoms. The predicted octanol–water partition coefficient (Wildman–Crippen LogP) is 0.564. The van der Waals surface area contributed by atoms with Crippen molar-refractivity contribution >= 4 is 22.8 Å². The van der Waals surface area contributed by atoms with Crippen molar-refractivity contribution in [2.24, 2.45) is 0 Å². The highest BCUT2D eigenvalue weighted by Crippen LogP contribution is 2.22. The van der Waals surface area contributed by atoms with Gasteiger partial charge in [-0.2, -0.15) is 9.50 Å². The normalized spacial score (nSPS) is 16.6. The van der Waals surface area contributed by atoms with Crippen LogP contribution in [0.5, 0.6) is 0 Å². The molecule has 1 saturated heterocycles. The van der Waals surface area contributed by atoms with Crippen LogP contribution >= 0.6 is 0 Å². The maximum atomic E-state index is 6.13. The largest absolute Gasteiger partial charge is 0.461 e. The van der Waals surface area contributed by atoms with Crippen molar-refractivity contribution in [3.8, 4) is 11.6 Å². The summed E-state index contributed by atoms with van der Waals surface area (Å²) in [6.07, 6.45) is 3.39. The second kappa shape index (κ2) is 6.32. The first-order valence-corrected chi connectivity index (χ1v) is 9.01. The number of aromatic nitrogens is 6. The molecule has 2 N–H and O–H groups in total. The van der Waals surface area contributed by atoms with Gasteiger partial charge in [0, 0.05) is 39.3 Å². The average molecular weight is 367 g/mol. The molecule has 1 aliphatic rings. The zero-order valence-electron chi connectivity index (χ0n) is 15.1. The minimum Gasteiger partial charge on any atom is -0.461 e. The molecule has 1 fully saturated rings. The number of hydrogen-bond donors (Lipinski definition) is 1. The Kier molecular flexibility index (Phi) is 3.80. The lowest BCUT2D eigenvalue weighted by molar-refractivity contribution is 0.150. The van der Waals surface area contributed by atoms with E-state index in [0.717, 1.165) is 44.9 Å². The minimum absolute atomic E-state index is 0.282. The number of likely N-dealkylation sites (N-methyl/N-ethyl adjacent to an activating group) is 1. The summed E-state index contributed by atoms with van der Waals surface area (Å²) in [5.74, 6) is 1.33. The summed E-state index contributed by atoms with van der Waals surface area (Å²) >= 11 is 0. The summed E-state index contributed by atoms with van der Waals surface area (Å²) in [5, 5.41) is 4.40. The third-order valence-corrected chi connectivity index (χ3v) is 5.06. The summed E-state index contributed by atoms with van der Waals surface area (Å²) in [6.45, 7) is 6.13. The topological polar surface area (TPSA) is 107 Å². The summed E-state index contributed by atoms with van der Waals surface area (Å²) in [4.78, 5) is 18.4. The van der Waals surface area contributed by atoms with E-state index in [0.29, 0.717) is 22.7 Å². The number of nitrogens with zero attached hydrogens (tertiary/aromatic N) is 8. The number of hydrogen-bond acceptors (Lipinski definition) is 8. The van der Waals surface area contributed by atoms with Crippen LogP contribution in [0.15, 0.2) is 29.1 Å². The van der Waals surface area contributed by atoms with E-state index in [1.54, 1.807) is 18.7 Å². The highest BCUT2D eigenvalue weighted by Gasteiger charge is 2.19. The molecule has 0 unspecified atom stereocenters. The molecule has 0 amide bonds. The molecule has 0 radical (unpaired) electrons. The molecule has 4 aromatic rings. The molecular weight excluding hydrogens is 346 g/mol. The van der Waals surface area contributed by atoms with E-state index in [1.165, 1.54) is 4.52 Å². The molecule has 0 aromatic carbocycles. The van der Waals surface area contributed by atoms with Crippen LogP contribution in [0, 0.1) is 0 Å². The van der Waals surface area contributed by atoms with Gasteiger partial charge in [0.05, 0.1) is 12.6 Å². The number of furan rings is 1. The molecule has 1 aliphatic heterocycles. The van der Waals surface area contributed by atoms with Gasteiger partial charge < -0.3 is 19.6 Å². The Hall–Kier alpha value is -2.98. The van der Waals surface area contributed by atoms with Gasteiger partial charge in [-0.15, -0.1) is 5.10 Å². The number of imidazole rings is 1. The van der Waals surface area contributed by atoms with Gasteiger partial charge in [-0.25, -0.2) is 9.97 Å². The molecule has 140 valence electrons. The molecule has 5 heterocycles. The molecular formula is C17H21N9O. The fourth-order valence-electron chi connectivity index (χ4n) is 3.43. The second-order valence-electron chi connectivity index (χ2n) is 6.87. The molecule has 10 heteroatoms. The lowest BCUT2D eigenvalue weighted by Gasteiger charge is -2.32. The van der Waals surface area contributed by atoms with Gasteiger partial charge in [0.1, 0.15) is 0 Å². The highest BCUT2D eigenvalue weighted by atomic mass is 16.3. The van der Waals surface area contributed by atoms with Crippen molar-refractivity contribution in [1.82, 2.24) is 38.9 Å². The average Bonchev–Trinajstić information content (AvgIpc) is 3.40. The Labute approximate surface area is 155 Å². The number of anilines is 1. The van der Waals surface area contributed by atoms with Gasteiger partial charge in [-0.05, 0) is 19.2 Å². The van der Waals surface area contributed by atoms with Crippen LogP contribution in [-0.4, -0.2) is 78.7 Å². The van der Waals surface area contributed by atoms with E-state index >= 15 is 0 Å². The monoisotopic (exact) mass is 367 g/mol. The Morgan fingerprint density at radius 1 is 1.11 bits per heavy atom. The number of fused-ring (bicyclic) bond motifs is 3. The second-order valence-corrected chi connectivity index (χ2v) is 6.87. The van der Waals surface area contributed by atoms with Crippen molar-refractivity contribution < 1.29 is 4.42 Å². The van der Waals surface area contributed by atoms with Gasteiger partial charge >= 0.3 is 0 Å². The molecule has 0 spiro atoms. The van der Waals surface area contributed by atoms with Crippen molar-refractivity contribution in [3.05, 3.63) is 24.7 Å². The first kappa shape index (κ1) is 16.2. The maximum absolute atomic E-state index is 6.13. The predicted molar refractivity (Wildman–Crippen MR) is 100 cm³/mol. The Morgan fingerprint density at radius 3 is 2.74 bits per heavy atom. The van der Waals surface area contributed by atoms with Crippen LogP contribution in [0.2, 0.25) is 0 Å². The van der Waals surface area contributed by atoms with E-state index in [4.69, 9.17) is 10.2 Å². The lowest BCUT2D eigenvalue weighted by Crippen LogP contribution is -2.45. The third-order valence-electron chi connectivity index (χ3n) is 5.06. The van der Waals surface area contributed by atoms with Crippen molar-refractivity contribution in [1.29, 1.82) is 0 Å². The van der Waals surface area contributed by atoms with Gasteiger partial charge in [-0.3, -0.25) is 4.90 Å². The first-order chi connectivity index (χ1) is 13.2. The summed E-state index contributed by atoms with van der Waals surface area (Å²) in [7, 11) is 2.16. The van der Waals surface area contributed by atoms with E-state index in [2.05, 4.69) is 36.9 Å². The third kappa shape index (κ3) is 2.82. The van der Waals surface area contributed by atoms with Crippen LogP contribution in [0.1, 0.15) is 0 Å². The molecule has 5 rings (SSSR count). The van der Waals surface area contributed by atoms with Crippen LogP contribution in [0.3, 0.4) is 0 Å². The molecule has 0 saturated carbocycles. The van der Waals surface area contributed by atoms with Gasteiger partial charge in [0.25, 0.3) is 0 Å². The van der Waals surface area contributed by atoms with Gasteiger partial charge in [0.15, 0.2) is 22.6 Å². The standard InChI is InChI=1S/C17H21N9O/c1-23-4-6-24(7-5-23)8-9-25-11-19-13-15(25)21-17(18)26-16(13)20-14(22-26)12-3-2-10-27-12/h2-3,10-11H,4-9H2,1H3,(H2,18,21). The molecule has 4 aromatic heterocycles. The SMILES string of the molecule is CN1CCN(CCn2cnc3c2nc(N)n2nc(-c4ccco4)nc32)CC1. The fraction of sp³-hybridized carbons (Fsp3) is 0.412. The first-order valence-electron chi connectivity index (χ1n) is 9.01. The lowest BCUT2D eigenvalue weighted by atomic mass is 10.3. The smallest absolute Gasteiger partial charge is 0.225 e. The maximum Gasteiger partial charge on any atom is 0.225 e. The van der Waals surface area contributed by atoms with Crippen LogP contribution < -0.4 is 5.73 Å². The van der Waals surface area contributed by atoms with E-state index in [1.807, 2.05) is 10.6 Å². The van der Waals surface area contributed by atoms with Gasteiger partial charge in [-0.1, -0.05) is 0 Å². The van der Waals surface area contributed by atoms with Crippen LogP contribution in [-0.2, 0) is 6.54 Å². The summed E-state index contributed by atoms with van der Waals surface area (Å²) < 4.78 is 8.93. The van der Waals surface area contributed by atoms with Crippen molar-refractivity contribution in [2.75, 3.05) is 45.5 Å². The van der Waals surface area contributed by atoms with Crippen molar-refractivity contribution in [2.45, 2.75) is 6.54 Å². The number of piperazine rings is 1. The molecule has 0 bridgehead atoms. The van der Waals surface area contributed by atoms with Crippen LogP contribution in [0.4, 0.5) is 5.95 Å². The summed E-state index contributed by atoms with van der Waals surface area (Å²) in [6, 6.07) is 3.61.